The van der Waals surface area contributed by atoms with Gasteiger partial charge < -0.3 is 0 Å². The van der Waals surface area contributed by atoms with Crippen molar-refractivity contribution < 1.29 is 9.59 Å². The summed E-state index contributed by atoms with van der Waals surface area (Å²) in [6, 6.07) is -1.33. The SMILES string of the molecule is O=C1/N=C\C=N\C(=O)N/N=C/C=N\N1. The second kappa shape index (κ2) is 5.30. The molecule has 8 nitrogen and oxygen atoms in total. The van der Waals surface area contributed by atoms with Gasteiger partial charge in [-0.2, -0.15) is 20.2 Å². The fourth-order valence-electron chi connectivity index (χ4n) is 0.511. The van der Waals surface area contributed by atoms with Crippen molar-refractivity contribution in [2.75, 3.05) is 0 Å². The molecule has 4 amide bonds. The summed E-state index contributed by atoms with van der Waals surface area (Å²) in [6.45, 7) is 0. The van der Waals surface area contributed by atoms with E-state index in [1.807, 2.05) is 0 Å². The van der Waals surface area contributed by atoms with Crippen LogP contribution in [0.1, 0.15) is 0 Å². The molecule has 0 fully saturated rings. The molecule has 0 bridgehead atoms. The quantitative estimate of drug-likeness (QED) is 0.543. The van der Waals surface area contributed by atoms with Crippen molar-refractivity contribution in [1.82, 2.24) is 10.9 Å². The number of carbonyl (C=O) groups excluding carboxylic acids is 2. The molecule has 0 aromatic heterocycles. The minimum absolute atomic E-state index is 0.665. The predicted octanol–water partition coefficient (Wildman–Crippen LogP) is -0.468. The van der Waals surface area contributed by atoms with Crippen LogP contribution in [0.4, 0.5) is 9.59 Å². The number of urea groups is 2. The Bertz CT molecular complexity index is 308. The van der Waals surface area contributed by atoms with E-state index in [-0.39, 0.29) is 0 Å². The zero-order valence-corrected chi connectivity index (χ0v) is 6.91. The van der Waals surface area contributed by atoms with Gasteiger partial charge in [-0.25, -0.2) is 20.4 Å². The molecule has 0 unspecified atom stereocenters. The van der Waals surface area contributed by atoms with E-state index in [4.69, 9.17) is 0 Å². The lowest BCUT2D eigenvalue weighted by molar-refractivity contribution is 0.249. The fourth-order valence-corrected chi connectivity index (χ4v) is 0.511. The van der Waals surface area contributed by atoms with Gasteiger partial charge in [0.1, 0.15) is 0 Å². The number of hydrogen-bond acceptors (Lipinski definition) is 4. The molecule has 0 aliphatic carbocycles. The van der Waals surface area contributed by atoms with Gasteiger partial charge in [-0.15, -0.1) is 0 Å². The first-order valence-electron chi connectivity index (χ1n) is 3.50. The summed E-state index contributed by atoms with van der Waals surface area (Å²) in [5.74, 6) is 0. The first kappa shape index (κ1) is 9.71. The third-order valence-corrected chi connectivity index (χ3v) is 0.986. The van der Waals surface area contributed by atoms with E-state index >= 15 is 0 Å². The Morgan fingerprint density at radius 1 is 0.786 bits per heavy atom. The first-order valence-corrected chi connectivity index (χ1v) is 3.50. The maximum atomic E-state index is 10.8. The second-order valence-corrected chi connectivity index (χ2v) is 1.95. The van der Waals surface area contributed by atoms with E-state index in [1.54, 1.807) is 0 Å². The highest BCUT2D eigenvalue weighted by atomic mass is 16.2. The van der Waals surface area contributed by atoms with Crippen LogP contribution in [0.15, 0.2) is 20.2 Å². The van der Waals surface area contributed by atoms with Gasteiger partial charge in [-0.3, -0.25) is 0 Å². The Morgan fingerprint density at radius 3 is 1.64 bits per heavy atom. The molecule has 72 valence electrons. The van der Waals surface area contributed by atoms with Crippen LogP contribution in [0.25, 0.3) is 0 Å². The van der Waals surface area contributed by atoms with Crippen molar-refractivity contribution in [3.05, 3.63) is 0 Å². The van der Waals surface area contributed by atoms with Crippen molar-refractivity contribution in [2.24, 2.45) is 20.2 Å². The number of nitrogens with zero attached hydrogens (tertiary/aromatic N) is 4. The maximum absolute atomic E-state index is 10.8. The van der Waals surface area contributed by atoms with Crippen LogP contribution in [0.5, 0.6) is 0 Å². The minimum atomic E-state index is -0.665. The highest BCUT2D eigenvalue weighted by Crippen LogP contribution is 1.74. The standard InChI is InChI=1S/C6H6N6O2/c13-5-7-1-2-8-6(14)12-10-4-3-9-11-5/h1-4H,(H,7,11,13)(H,8,12,14). The van der Waals surface area contributed by atoms with Crippen LogP contribution < -0.4 is 10.9 Å². The van der Waals surface area contributed by atoms with Crippen LogP contribution in [-0.2, 0) is 0 Å². The number of nitrogens with one attached hydrogen (secondary N) is 2. The van der Waals surface area contributed by atoms with Crippen LogP contribution in [0.2, 0.25) is 0 Å². The number of hydrazone groups is 2. The van der Waals surface area contributed by atoms with Gasteiger partial charge in [-0.1, -0.05) is 0 Å². The van der Waals surface area contributed by atoms with Crippen molar-refractivity contribution in [1.29, 1.82) is 0 Å². The number of hydrogen-bond donors (Lipinski definition) is 2. The molecule has 8 heteroatoms. The molecule has 1 aliphatic rings. The molecule has 0 aromatic rings. The van der Waals surface area contributed by atoms with E-state index in [9.17, 15) is 9.59 Å². The summed E-state index contributed by atoms with van der Waals surface area (Å²) in [6.07, 6.45) is 4.49. The monoisotopic (exact) mass is 194 g/mol. The van der Waals surface area contributed by atoms with E-state index in [1.165, 1.54) is 12.4 Å². The molecule has 1 rings (SSSR count). The third-order valence-electron chi connectivity index (χ3n) is 0.986. The smallest absolute Gasteiger partial charge is 0.244 e. The molecule has 0 radical (unpaired) electrons. The molecule has 0 spiro atoms. The van der Waals surface area contributed by atoms with E-state index in [0.29, 0.717) is 0 Å². The average Bonchev–Trinajstić information content (AvgIpc) is 2.16. The lowest BCUT2D eigenvalue weighted by Gasteiger charge is -1.91. The summed E-state index contributed by atoms with van der Waals surface area (Å²) >= 11 is 0. The number of rotatable bonds is 0. The molecule has 2 N–H and O–H groups in total. The molecule has 1 aliphatic heterocycles. The van der Waals surface area contributed by atoms with Crippen molar-refractivity contribution in [2.45, 2.75) is 0 Å². The first-order chi connectivity index (χ1) is 6.79. The summed E-state index contributed by atoms with van der Waals surface area (Å²) in [5.41, 5.74) is 4.16. The minimum Gasteiger partial charge on any atom is -0.244 e. The van der Waals surface area contributed by atoms with Crippen molar-refractivity contribution in [3.63, 3.8) is 0 Å². The second-order valence-electron chi connectivity index (χ2n) is 1.95. The third kappa shape index (κ3) is 3.85. The van der Waals surface area contributed by atoms with E-state index in [0.717, 1.165) is 12.4 Å². The van der Waals surface area contributed by atoms with Gasteiger partial charge in [0.15, 0.2) is 0 Å². The Morgan fingerprint density at radius 2 is 1.21 bits per heavy atom. The molecule has 0 aromatic carbocycles. The molecular formula is C6H6N6O2. The zero-order chi connectivity index (χ0) is 10.2. The molecule has 0 saturated heterocycles. The Balaban J connectivity index is 2.70. The van der Waals surface area contributed by atoms with Crippen LogP contribution in [0, 0.1) is 0 Å². The van der Waals surface area contributed by atoms with Crippen molar-refractivity contribution in [3.8, 4) is 0 Å². The largest absolute Gasteiger partial charge is 0.361 e. The summed E-state index contributed by atoms with van der Waals surface area (Å²) in [7, 11) is 0. The fraction of sp³-hybridized carbons (Fsp3) is 0. The van der Waals surface area contributed by atoms with Gasteiger partial charge in [0.25, 0.3) is 0 Å². The van der Waals surface area contributed by atoms with Gasteiger partial charge in [0, 0.05) is 0 Å². The van der Waals surface area contributed by atoms with Gasteiger partial charge >= 0.3 is 12.1 Å². The van der Waals surface area contributed by atoms with Crippen molar-refractivity contribution >= 4 is 36.9 Å². The maximum Gasteiger partial charge on any atom is 0.361 e. The highest BCUT2D eigenvalue weighted by Gasteiger charge is 1.93. The number of carbonyl (C=O) groups is 2. The Hall–Kier alpha value is -2.38. The van der Waals surface area contributed by atoms with Gasteiger partial charge in [-0.05, 0) is 0 Å². The van der Waals surface area contributed by atoms with Gasteiger partial charge in [0.2, 0.25) is 0 Å². The molecule has 1 heterocycles. The molecule has 0 atom stereocenters. The van der Waals surface area contributed by atoms with Gasteiger partial charge in [0.05, 0.1) is 24.9 Å². The van der Waals surface area contributed by atoms with E-state index in [2.05, 4.69) is 31.0 Å². The number of aliphatic imine (C=N–C) groups is 2. The zero-order valence-electron chi connectivity index (χ0n) is 6.91. The summed E-state index contributed by atoms with van der Waals surface area (Å²) in [5, 5.41) is 6.85. The average molecular weight is 194 g/mol. The normalized spacial score (nSPS) is 26.0. The predicted molar refractivity (Wildman–Crippen MR) is 51.0 cm³/mol. The Labute approximate surface area is 78.5 Å². The number of amides is 4. The van der Waals surface area contributed by atoms with Crippen LogP contribution in [0.3, 0.4) is 0 Å². The Kier molecular flexibility index (Phi) is 3.67. The van der Waals surface area contributed by atoms with Crippen LogP contribution in [-0.4, -0.2) is 36.9 Å². The summed E-state index contributed by atoms with van der Waals surface area (Å²) < 4.78 is 0. The molecule has 14 heavy (non-hydrogen) atoms. The lowest BCUT2D eigenvalue weighted by Crippen LogP contribution is -2.16. The highest BCUT2D eigenvalue weighted by molar-refractivity contribution is 6.21. The van der Waals surface area contributed by atoms with E-state index < -0.39 is 12.1 Å². The summed E-state index contributed by atoms with van der Waals surface area (Å²) in [4.78, 5) is 28.2. The molecule has 0 saturated carbocycles. The lowest BCUT2D eigenvalue weighted by atomic mass is 10.8. The molecular weight excluding hydrogens is 188 g/mol. The topological polar surface area (TPSA) is 108 Å². The van der Waals surface area contributed by atoms with Crippen LogP contribution >= 0.6 is 0 Å².